The van der Waals surface area contributed by atoms with E-state index in [1.165, 1.54) is 7.11 Å². The molecule has 2 aromatic heterocycles. The van der Waals surface area contributed by atoms with Crippen molar-refractivity contribution in [2.45, 2.75) is 110 Å². The van der Waals surface area contributed by atoms with Crippen LogP contribution in [0.5, 0.6) is 0 Å². The van der Waals surface area contributed by atoms with Crippen LogP contribution in [0.25, 0.3) is 21.8 Å². The fraction of sp³-hybridized carbons (Fsp3) is 0.510. The number of hydrogen-bond donors (Lipinski definition) is 8. The van der Waals surface area contributed by atoms with Crippen molar-refractivity contribution in [3.63, 3.8) is 0 Å². The first-order valence-electron chi connectivity index (χ1n) is 23.2. The second kappa shape index (κ2) is 22.1. The maximum atomic E-state index is 14.3. The molecule has 9 N–H and O–H groups in total. The van der Waals surface area contributed by atoms with Crippen molar-refractivity contribution in [1.82, 2.24) is 41.5 Å². The largest absolute Gasteiger partial charge is 0.467 e. The molecule has 69 heavy (non-hydrogen) atoms. The Morgan fingerprint density at radius 3 is 1.77 bits per heavy atom. The van der Waals surface area contributed by atoms with Gasteiger partial charge < -0.3 is 51.9 Å². The molecule has 6 rings (SSSR count). The van der Waals surface area contributed by atoms with Gasteiger partial charge in [0.15, 0.2) is 0 Å². The van der Waals surface area contributed by atoms with Crippen LogP contribution in [0.15, 0.2) is 48.5 Å². The minimum atomic E-state index is -1.25. The molecule has 6 atom stereocenters. The molecule has 4 heterocycles. The molecule has 2 aromatic carbocycles. The molecule has 20 heteroatoms. The van der Waals surface area contributed by atoms with Crippen molar-refractivity contribution in [1.29, 1.82) is 0 Å². The van der Waals surface area contributed by atoms with Gasteiger partial charge >= 0.3 is 5.97 Å². The Morgan fingerprint density at radius 1 is 0.739 bits per heavy atom. The van der Waals surface area contributed by atoms with Gasteiger partial charge in [0.25, 0.3) is 11.8 Å². The second-order valence-electron chi connectivity index (χ2n) is 20.2. The van der Waals surface area contributed by atoms with Gasteiger partial charge in [-0.25, -0.2) is 4.79 Å². The summed E-state index contributed by atoms with van der Waals surface area (Å²) in [5.74, 6) is -5.92. The Morgan fingerprint density at radius 2 is 1.26 bits per heavy atom. The van der Waals surface area contributed by atoms with Gasteiger partial charge in [-0.2, -0.15) is 0 Å². The molecule has 4 aromatic rings. The van der Waals surface area contributed by atoms with E-state index < -0.39 is 82.3 Å². The summed E-state index contributed by atoms with van der Waals surface area (Å²) in [5.41, 5.74) is 6.00. The third kappa shape index (κ3) is 13.6. The minimum absolute atomic E-state index is 0.00971. The first-order chi connectivity index (χ1) is 32.5. The van der Waals surface area contributed by atoms with Gasteiger partial charge in [-0.15, -0.1) is 0 Å². The number of aromatic amines is 2. The number of primary amides is 1. The Bertz CT molecular complexity index is 2600. The monoisotopic (exact) mass is 991 g/mol. The Kier molecular flexibility index (Phi) is 16.7. The van der Waals surface area contributed by atoms with Crippen LogP contribution in [-0.2, 0) is 33.5 Å². The van der Waals surface area contributed by atoms with Crippen LogP contribution in [0.4, 0.5) is 0 Å². The van der Waals surface area contributed by atoms with E-state index >= 15 is 0 Å². The molecule has 7 amide bonds. The Hall–Kier alpha value is -6.14. The molecule has 0 saturated carbocycles. The van der Waals surface area contributed by atoms with Crippen molar-refractivity contribution >= 4 is 92.3 Å². The van der Waals surface area contributed by atoms with E-state index in [4.69, 9.17) is 33.7 Å². The van der Waals surface area contributed by atoms with Gasteiger partial charge in [-0.1, -0.05) is 82.1 Å². The molecular weight excluding hydrogens is 929 g/mol. The van der Waals surface area contributed by atoms with Crippen LogP contribution in [0.2, 0.25) is 10.0 Å². The van der Waals surface area contributed by atoms with E-state index in [-0.39, 0.29) is 55.4 Å². The summed E-state index contributed by atoms with van der Waals surface area (Å²) in [5, 5.41) is 16.1. The third-order valence-corrected chi connectivity index (χ3v) is 13.3. The standard InChI is InChI=1S/C49H63Cl2N9O9/c1-48(2,3)23-36(58-42(63)33-19-26-11-7-15-30(50)38(26)54-33)44(65)56-32(40(52)61)22-29-14-10-18-60(46(29)67)25-49(4,5)24-37(59-43(64)34-20-27-12-8-16-31(51)39(27)55-34)45(66)57-35(47(68)69-6)21-28-13-9-17-53-41(28)62/h7-8,11-12,15-16,19-20,28-29,32,35-37,54-55H,9-10,13-14,17-18,21-25H2,1-6H3,(H2,52,61)(H,53,62)(H,56,65)(H,57,66)(H,58,63)(H,59,64)/t28-,29-,32-,35-,36-,37-/m0/s1. The first kappa shape index (κ1) is 52.2. The lowest BCUT2D eigenvalue weighted by Crippen LogP contribution is -2.56. The summed E-state index contributed by atoms with van der Waals surface area (Å²) in [4.78, 5) is 116. The molecule has 2 aliphatic heterocycles. The number of nitrogens with zero attached hydrogens (tertiary/aromatic N) is 1. The van der Waals surface area contributed by atoms with Crippen molar-refractivity contribution in [2.75, 3.05) is 26.7 Å². The van der Waals surface area contributed by atoms with E-state index in [1.807, 2.05) is 34.6 Å². The number of para-hydroxylation sites is 2. The Labute approximate surface area is 410 Å². The zero-order chi connectivity index (χ0) is 50.4. The number of likely N-dealkylation sites (tertiary alicyclic amines) is 1. The van der Waals surface area contributed by atoms with Gasteiger partial charge in [0.1, 0.15) is 35.6 Å². The summed E-state index contributed by atoms with van der Waals surface area (Å²) < 4.78 is 5.02. The second-order valence-corrected chi connectivity index (χ2v) is 21.0. The summed E-state index contributed by atoms with van der Waals surface area (Å²) in [6.45, 7) is 10.4. The highest BCUT2D eigenvalue weighted by molar-refractivity contribution is 6.35. The predicted octanol–water partition coefficient (Wildman–Crippen LogP) is 4.88. The van der Waals surface area contributed by atoms with Gasteiger partial charge in [0.05, 0.1) is 28.2 Å². The fourth-order valence-electron chi connectivity index (χ4n) is 9.29. The molecule has 0 radical (unpaired) electrons. The van der Waals surface area contributed by atoms with Gasteiger partial charge in [0, 0.05) is 42.2 Å². The molecule has 0 bridgehead atoms. The van der Waals surface area contributed by atoms with E-state index in [0.29, 0.717) is 70.6 Å². The quantitative estimate of drug-likeness (QED) is 0.0595. The number of aromatic nitrogens is 2. The number of carbonyl (C=O) groups is 8. The highest BCUT2D eigenvalue weighted by Crippen LogP contribution is 2.31. The molecule has 0 unspecified atom stereocenters. The van der Waals surface area contributed by atoms with Crippen LogP contribution in [-0.4, -0.2) is 113 Å². The van der Waals surface area contributed by atoms with Crippen molar-refractivity contribution < 1.29 is 43.1 Å². The van der Waals surface area contributed by atoms with E-state index in [1.54, 1.807) is 53.4 Å². The number of fused-ring (bicyclic) bond motifs is 2. The number of halogens is 2. The minimum Gasteiger partial charge on any atom is -0.467 e. The van der Waals surface area contributed by atoms with Crippen LogP contribution in [0.1, 0.15) is 107 Å². The smallest absolute Gasteiger partial charge is 0.328 e. The molecular formula is C49H63Cl2N9O9. The lowest BCUT2D eigenvalue weighted by molar-refractivity contribution is -0.146. The number of benzene rings is 2. The van der Waals surface area contributed by atoms with Crippen molar-refractivity contribution in [2.24, 2.45) is 28.4 Å². The number of nitrogens with one attached hydrogen (secondary N) is 7. The van der Waals surface area contributed by atoms with Crippen molar-refractivity contribution in [3.8, 4) is 0 Å². The Balaban J connectivity index is 1.16. The normalized spacial score (nSPS) is 18.4. The lowest BCUT2D eigenvalue weighted by Gasteiger charge is -2.39. The summed E-state index contributed by atoms with van der Waals surface area (Å²) >= 11 is 12.7. The molecule has 18 nitrogen and oxygen atoms in total. The van der Waals surface area contributed by atoms with Gasteiger partial charge in [-0.3, -0.25) is 33.6 Å². The fourth-order valence-corrected chi connectivity index (χ4v) is 9.75. The number of amides is 7. The van der Waals surface area contributed by atoms with Crippen LogP contribution < -0.4 is 32.3 Å². The number of ether oxygens (including phenoxy) is 1. The molecule has 2 fully saturated rings. The number of methoxy groups -OCH3 is 1. The molecule has 0 spiro atoms. The summed E-state index contributed by atoms with van der Waals surface area (Å²) in [6.07, 6.45) is 2.26. The lowest BCUT2D eigenvalue weighted by atomic mass is 9.82. The maximum absolute atomic E-state index is 14.3. The molecule has 2 aliphatic rings. The number of carbonyl (C=O) groups excluding carboxylic acids is 8. The van der Waals surface area contributed by atoms with E-state index in [2.05, 4.69) is 36.6 Å². The first-order valence-corrected chi connectivity index (χ1v) is 24.0. The van der Waals surface area contributed by atoms with Gasteiger partial charge in [-0.05, 0) is 86.5 Å². The number of rotatable bonds is 19. The molecule has 0 aliphatic carbocycles. The highest BCUT2D eigenvalue weighted by Gasteiger charge is 2.40. The molecule has 372 valence electrons. The van der Waals surface area contributed by atoms with E-state index in [0.717, 1.165) is 0 Å². The number of piperidine rings is 2. The third-order valence-electron chi connectivity index (χ3n) is 12.7. The van der Waals surface area contributed by atoms with E-state index in [9.17, 15) is 38.4 Å². The average Bonchev–Trinajstić information content (AvgIpc) is 3.94. The maximum Gasteiger partial charge on any atom is 0.328 e. The summed E-state index contributed by atoms with van der Waals surface area (Å²) in [7, 11) is 1.18. The highest BCUT2D eigenvalue weighted by atomic mass is 35.5. The zero-order valence-electron chi connectivity index (χ0n) is 39.8. The van der Waals surface area contributed by atoms with Crippen molar-refractivity contribution in [3.05, 3.63) is 70.0 Å². The topological polar surface area (TPSA) is 267 Å². The van der Waals surface area contributed by atoms with Crippen LogP contribution in [0.3, 0.4) is 0 Å². The number of hydrogen-bond acceptors (Lipinski definition) is 9. The number of esters is 1. The zero-order valence-corrected chi connectivity index (χ0v) is 41.3. The average molecular weight is 993 g/mol. The number of H-pyrrole nitrogens is 2. The SMILES string of the molecule is COC(=O)[C@H](C[C@@H]1CCCNC1=O)NC(=O)[C@H](CC(C)(C)CN1CCC[C@@H](C[C@H](NC(=O)[C@H](CC(C)(C)C)NC(=O)c2cc3cccc(Cl)c3[nH]2)C(N)=O)C1=O)NC(=O)c1cc2cccc(Cl)c2[nH]1. The van der Waals surface area contributed by atoms with Crippen LogP contribution >= 0.6 is 23.2 Å². The van der Waals surface area contributed by atoms with Crippen LogP contribution in [0, 0.1) is 22.7 Å². The summed E-state index contributed by atoms with van der Waals surface area (Å²) in [6, 6.07) is 8.89. The number of nitrogens with two attached hydrogens (primary N) is 1. The predicted molar refractivity (Wildman–Crippen MR) is 261 cm³/mol. The van der Waals surface area contributed by atoms with Gasteiger partial charge in [0.2, 0.25) is 29.5 Å². The molecule has 2 saturated heterocycles.